The van der Waals surface area contributed by atoms with Gasteiger partial charge in [-0.15, -0.1) is 0 Å². The van der Waals surface area contributed by atoms with Gasteiger partial charge in [0, 0.05) is 6.08 Å². The lowest BCUT2D eigenvalue weighted by atomic mass is 10.2. The van der Waals surface area contributed by atoms with E-state index >= 15 is 0 Å². The van der Waals surface area contributed by atoms with Crippen LogP contribution in [0.25, 0.3) is 0 Å². The number of amides is 2. The van der Waals surface area contributed by atoms with Crippen molar-refractivity contribution in [2.45, 2.75) is 6.54 Å². The first kappa shape index (κ1) is 19.5. The number of ether oxygens (including phenoxy) is 1. The van der Waals surface area contributed by atoms with E-state index in [0.29, 0.717) is 0 Å². The Kier molecular flexibility index (Phi) is 6.00. The molecule has 2 aromatic rings. The Bertz CT molecular complexity index is 989. The molecule has 1 heterocycles. The highest BCUT2D eigenvalue weighted by Crippen LogP contribution is 2.32. The van der Waals surface area contributed by atoms with E-state index in [0.717, 1.165) is 29.5 Å². The highest BCUT2D eigenvalue weighted by Gasteiger charge is 2.35. The van der Waals surface area contributed by atoms with Gasteiger partial charge in [-0.2, -0.15) is 4.99 Å². The third-order valence-electron chi connectivity index (χ3n) is 3.82. The Hall–Kier alpha value is -3.26. The lowest BCUT2D eigenvalue weighted by Gasteiger charge is -2.15. The standard InChI is InChI=1S/C20H15FN2O4S/c1-27-17(24)11-16-19(26)23(12-13-7-3-2-4-8-13)20(28-16)22-18(25)14-9-5-6-10-15(14)21/h2-11H,12H2,1H3/b16-11-,22-20?. The number of carbonyl (C=O) groups is 3. The van der Waals surface area contributed by atoms with Crippen molar-refractivity contribution in [3.63, 3.8) is 0 Å². The van der Waals surface area contributed by atoms with E-state index in [1.165, 1.54) is 30.2 Å². The summed E-state index contributed by atoms with van der Waals surface area (Å²) in [6.07, 6.45) is 1.04. The first-order valence-corrected chi connectivity index (χ1v) is 9.02. The number of aliphatic imine (C=N–C) groups is 1. The normalized spacial score (nSPS) is 16.6. The van der Waals surface area contributed by atoms with Gasteiger partial charge in [0.1, 0.15) is 5.82 Å². The summed E-state index contributed by atoms with van der Waals surface area (Å²) in [5.41, 5.74) is 0.606. The Balaban J connectivity index is 1.96. The molecule has 0 aromatic heterocycles. The lowest BCUT2D eigenvalue weighted by Crippen LogP contribution is -2.29. The van der Waals surface area contributed by atoms with Crippen LogP contribution in [0.1, 0.15) is 15.9 Å². The molecule has 1 fully saturated rings. The minimum atomic E-state index is -0.814. The number of rotatable bonds is 4. The zero-order valence-electron chi connectivity index (χ0n) is 14.8. The Labute approximate surface area is 164 Å². The van der Waals surface area contributed by atoms with Crippen LogP contribution in [0.15, 0.2) is 70.6 Å². The Morgan fingerprint density at radius 1 is 1.14 bits per heavy atom. The molecule has 28 heavy (non-hydrogen) atoms. The summed E-state index contributed by atoms with van der Waals surface area (Å²) >= 11 is 0.862. The van der Waals surface area contributed by atoms with Gasteiger partial charge >= 0.3 is 5.97 Å². The smallest absolute Gasteiger partial charge is 0.331 e. The molecule has 0 aliphatic carbocycles. The van der Waals surface area contributed by atoms with E-state index in [1.807, 2.05) is 30.3 Å². The van der Waals surface area contributed by atoms with Crippen LogP contribution in [-0.4, -0.2) is 35.0 Å². The van der Waals surface area contributed by atoms with Crippen molar-refractivity contribution in [1.82, 2.24) is 4.90 Å². The van der Waals surface area contributed by atoms with E-state index in [1.54, 1.807) is 0 Å². The summed E-state index contributed by atoms with van der Waals surface area (Å²) in [7, 11) is 1.20. The average molecular weight is 398 g/mol. The molecule has 3 rings (SSSR count). The van der Waals surface area contributed by atoms with Gasteiger partial charge in [-0.1, -0.05) is 42.5 Å². The SMILES string of the molecule is COC(=O)/C=C1\SC(=NC(=O)c2ccccc2F)N(Cc2ccccc2)C1=O. The van der Waals surface area contributed by atoms with Gasteiger partial charge in [0.25, 0.3) is 11.8 Å². The molecule has 0 spiro atoms. The molecule has 1 aliphatic heterocycles. The second kappa shape index (κ2) is 8.62. The van der Waals surface area contributed by atoms with Gasteiger partial charge in [-0.25, -0.2) is 9.18 Å². The van der Waals surface area contributed by atoms with E-state index in [4.69, 9.17) is 0 Å². The fourth-order valence-corrected chi connectivity index (χ4v) is 3.38. The fraction of sp³-hybridized carbons (Fsp3) is 0.100. The van der Waals surface area contributed by atoms with Gasteiger partial charge in [0.2, 0.25) is 0 Å². The number of methoxy groups -OCH3 is 1. The largest absolute Gasteiger partial charge is 0.466 e. The molecule has 6 nitrogen and oxygen atoms in total. The number of thioether (sulfide) groups is 1. The maximum atomic E-state index is 13.9. The number of hydrogen-bond donors (Lipinski definition) is 0. The number of carbonyl (C=O) groups excluding carboxylic acids is 3. The predicted octanol–water partition coefficient (Wildman–Crippen LogP) is 3.15. The van der Waals surface area contributed by atoms with E-state index in [-0.39, 0.29) is 22.2 Å². The molecule has 8 heteroatoms. The van der Waals surface area contributed by atoms with Gasteiger partial charge in [-0.3, -0.25) is 14.5 Å². The predicted molar refractivity (Wildman–Crippen MR) is 103 cm³/mol. The second-order valence-electron chi connectivity index (χ2n) is 5.69. The van der Waals surface area contributed by atoms with Crippen molar-refractivity contribution in [1.29, 1.82) is 0 Å². The molecule has 1 saturated heterocycles. The first-order chi connectivity index (χ1) is 13.5. The molecule has 0 N–H and O–H groups in total. The third kappa shape index (κ3) is 4.34. The van der Waals surface area contributed by atoms with Crippen molar-refractivity contribution in [2.75, 3.05) is 7.11 Å². The van der Waals surface area contributed by atoms with Crippen LogP contribution in [0.4, 0.5) is 4.39 Å². The van der Waals surface area contributed by atoms with Crippen LogP contribution < -0.4 is 0 Å². The van der Waals surface area contributed by atoms with E-state index in [9.17, 15) is 18.8 Å². The summed E-state index contributed by atoms with van der Waals surface area (Å²) in [6, 6.07) is 14.6. The van der Waals surface area contributed by atoms with Crippen molar-refractivity contribution in [2.24, 2.45) is 4.99 Å². The molecular weight excluding hydrogens is 383 g/mol. The van der Waals surface area contributed by atoms with Gasteiger partial charge in [-0.05, 0) is 29.5 Å². The minimum absolute atomic E-state index is 0.0669. The number of hydrogen-bond acceptors (Lipinski definition) is 5. The van der Waals surface area contributed by atoms with Gasteiger partial charge < -0.3 is 4.74 Å². The molecule has 2 aromatic carbocycles. The van der Waals surface area contributed by atoms with Gasteiger partial charge in [0.15, 0.2) is 5.17 Å². The first-order valence-electron chi connectivity index (χ1n) is 8.20. The Morgan fingerprint density at radius 2 is 1.82 bits per heavy atom. The monoisotopic (exact) mass is 398 g/mol. The van der Waals surface area contributed by atoms with Crippen LogP contribution in [0.5, 0.6) is 0 Å². The average Bonchev–Trinajstić information content (AvgIpc) is 2.97. The molecule has 0 unspecified atom stereocenters. The summed E-state index contributed by atoms with van der Waals surface area (Å²) in [4.78, 5) is 41.9. The highest BCUT2D eigenvalue weighted by molar-refractivity contribution is 8.18. The third-order valence-corrected chi connectivity index (χ3v) is 4.83. The number of benzene rings is 2. The molecule has 0 radical (unpaired) electrons. The molecular formula is C20H15FN2O4S. The van der Waals surface area contributed by atoms with E-state index in [2.05, 4.69) is 9.73 Å². The maximum absolute atomic E-state index is 13.9. The van der Waals surface area contributed by atoms with Crippen molar-refractivity contribution < 1.29 is 23.5 Å². The summed E-state index contributed by atoms with van der Waals surface area (Å²) < 4.78 is 18.4. The zero-order valence-corrected chi connectivity index (χ0v) is 15.6. The van der Waals surface area contributed by atoms with Crippen LogP contribution in [0.3, 0.4) is 0 Å². The molecule has 1 aliphatic rings. The molecule has 0 saturated carbocycles. The van der Waals surface area contributed by atoms with Crippen molar-refractivity contribution in [3.8, 4) is 0 Å². The molecule has 0 bridgehead atoms. The molecule has 0 atom stereocenters. The zero-order chi connectivity index (χ0) is 20.1. The quantitative estimate of drug-likeness (QED) is 0.584. The highest BCUT2D eigenvalue weighted by atomic mass is 32.2. The molecule has 142 valence electrons. The topological polar surface area (TPSA) is 76.0 Å². The van der Waals surface area contributed by atoms with Crippen LogP contribution in [0, 0.1) is 5.82 Å². The van der Waals surface area contributed by atoms with Gasteiger partial charge in [0.05, 0.1) is 24.1 Å². The summed E-state index contributed by atoms with van der Waals surface area (Å²) in [5, 5.41) is 0.0669. The van der Waals surface area contributed by atoms with Crippen LogP contribution >= 0.6 is 11.8 Å². The summed E-state index contributed by atoms with van der Waals surface area (Å²) in [5.74, 6) is -2.70. The number of halogens is 1. The second-order valence-corrected chi connectivity index (χ2v) is 6.70. The van der Waals surface area contributed by atoms with Crippen molar-refractivity contribution in [3.05, 3.63) is 82.5 Å². The van der Waals surface area contributed by atoms with E-state index < -0.39 is 23.6 Å². The fourth-order valence-electron chi connectivity index (χ4n) is 2.44. The van der Waals surface area contributed by atoms with Crippen molar-refractivity contribution >= 4 is 34.7 Å². The Morgan fingerprint density at radius 3 is 2.50 bits per heavy atom. The van der Waals surface area contributed by atoms with Crippen LogP contribution in [-0.2, 0) is 20.9 Å². The summed E-state index contributed by atoms with van der Waals surface area (Å²) in [6.45, 7) is 0.147. The lowest BCUT2D eigenvalue weighted by molar-refractivity contribution is -0.135. The number of amidine groups is 1. The number of esters is 1. The molecule has 2 amide bonds. The minimum Gasteiger partial charge on any atom is -0.466 e. The van der Waals surface area contributed by atoms with Crippen LogP contribution in [0.2, 0.25) is 0 Å². The maximum Gasteiger partial charge on any atom is 0.331 e. The number of nitrogens with zero attached hydrogens (tertiary/aromatic N) is 2.